The van der Waals surface area contributed by atoms with E-state index in [1.165, 1.54) is 7.11 Å². The highest BCUT2D eigenvalue weighted by atomic mass is 19.4. The largest absolute Gasteiger partial charge is 0.469 e. The van der Waals surface area contributed by atoms with Gasteiger partial charge in [-0.1, -0.05) is 0 Å². The van der Waals surface area contributed by atoms with E-state index in [0.29, 0.717) is 19.5 Å². The molecule has 2 rings (SSSR count). The van der Waals surface area contributed by atoms with Crippen LogP contribution in [-0.2, 0) is 15.7 Å². The molecule has 1 aromatic heterocycles. The van der Waals surface area contributed by atoms with Crippen molar-refractivity contribution in [3.05, 3.63) is 23.9 Å². The molecule has 1 fully saturated rings. The zero-order chi connectivity index (χ0) is 14.0. The van der Waals surface area contributed by atoms with Gasteiger partial charge in [-0.05, 0) is 18.6 Å². The summed E-state index contributed by atoms with van der Waals surface area (Å²) in [6, 6.07) is 1.93. The Morgan fingerprint density at radius 2 is 2.26 bits per heavy atom. The van der Waals surface area contributed by atoms with Crippen LogP contribution in [0.15, 0.2) is 18.3 Å². The van der Waals surface area contributed by atoms with Crippen LogP contribution in [0.4, 0.5) is 19.0 Å². The second kappa shape index (κ2) is 5.07. The maximum atomic E-state index is 12.6. The highest BCUT2D eigenvalue weighted by Crippen LogP contribution is 2.32. The number of hydrogen-bond donors (Lipinski definition) is 0. The van der Waals surface area contributed by atoms with Gasteiger partial charge in [0.2, 0.25) is 0 Å². The molecule has 7 heteroatoms. The zero-order valence-electron chi connectivity index (χ0n) is 10.3. The first kappa shape index (κ1) is 13.6. The fraction of sp³-hybridized carbons (Fsp3) is 0.500. The van der Waals surface area contributed by atoms with Gasteiger partial charge in [-0.25, -0.2) is 4.98 Å². The molecule has 0 amide bonds. The van der Waals surface area contributed by atoms with Crippen LogP contribution in [0, 0.1) is 5.92 Å². The minimum absolute atomic E-state index is 0.237. The molecular formula is C12H13F3N2O2. The maximum absolute atomic E-state index is 12.6. The lowest BCUT2D eigenvalue weighted by Gasteiger charge is -2.18. The van der Waals surface area contributed by atoms with E-state index >= 15 is 0 Å². The monoisotopic (exact) mass is 274 g/mol. The predicted molar refractivity (Wildman–Crippen MR) is 61.6 cm³/mol. The maximum Gasteiger partial charge on any atom is 0.416 e. The molecule has 1 atom stereocenters. The van der Waals surface area contributed by atoms with Crippen LogP contribution < -0.4 is 4.90 Å². The van der Waals surface area contributed by atoms with Crippen LogP contribution in [0.1, 0.15) is 12.0 Å². The molecular weight excluding hydrogens is 261 g/mol. The van der Waals surface area contributed by atoms with Crippen molar-refractivity contribution in [3.8, 4) is 0 Å². The summed E-state index contributed by atoms with van der Waals surface area (Å²) in [6.07, 6.45) is -2.70. The van der Waals surface area contributed by atoms with E-state index in [9.17, 15) is 18.0 Å². The summed E-state index contributed by atoms with van der Waals surface area (Å²) in [4.78, 5) is 17.0. The van der Waals surface area contributed by atoms with Crippen LogP contribution in [0.5, 0.6) is 0 Å². The standard InChI is InChI=1S/C12H13F3N2O2/c1-19-11(18)8-3-5-17(7-8)10-6-9(2-4-16-10)12(13,14)15/h2,4,6,8H,3,5,7H2,1H3. The molecule has 2 heterocycles. The van der Waals surface area contributed by atoms with Crippen molar-refractivity contribution in [2.45, 2.75) is 12.6 Å². The van der Waals surface area contributed by atoms with E-state index in [4.69, 9.17) is 0 Å². The van der Waals surface area contributed by atoms with E-state index in [0.717, 1.165) is 18.3 Å². The van der Waals surface area contributed by atoms with Gasteiger partial charge in [0, 0.05) is 19.3 Å². The summed E-state index contributed by atoms with van der Waals surface area (Å²) in [7, 11) is 1.30. The summed E-state index contributed by atoms with van der Waals surface area (Å²) in [5.74, 6) is -0.406. The molecule has 0 aliphatic carbocycles. The van der Waals surface area contributed by atoms with E-state index < -0.39 is 11.7 Å². The van der Waals surface area contributed by atoms with E-state index in [1.807, 2.05) is 0 Å². The van der Waals surface area contributed by atoms with E-state index in [1.54, 1.807) is 4.90 Å². The summed E-state index contributed by atoms with van der Waals surface area (Å²) in [5.41, 5.74) is -0.737. The second-order valence-corrected chi connectivity index (χ2v) is 4.36. The van der Waals surface area contributed by atoms with Gasteiger partial charge >= 0.3 is 12.1 Å². The topological polar surface area (TPSA) is 42.4 Å². The lowest BCUT2D eigenvalue weighted by atomic mass is 10.1. The summed E-state index contributed by atoms with van der Waals surface area (Å²) >= 11 is 0. The van der Waals surface area contributed by atoms with Gasteiger partial charge in [0.25, 0.3) is 0 Å². The fourth-order valence-electron chi connectivity index (χ4n) is 2.10. The number of esters is 1. The van der Waals surface area contributed by atoms with Crippen molar-refractivity contribution in [2.75, 3.05) is 25.1 Å². The Morgan fingerprint density at radius 1 is 1.53 bits per heavy atom. The van der Waals surface area contributed by atoms with Crippen molar-refractivity contribution in [2.24, 2.45) is 5.92 Å². The number of nitrogens with zero attached hydrogens (tertiary/aromatic N) is 2. The highest BCUT2D eigenvalue weighted by molar-refractivity contribution is 5.74. The molecule has 0 bridgehead atoms. The number of anilines is 1. The highest BCUT2D eigenvalue weighted by Gasteiger charge is 2.33. The van der Waals surface area contributed by atoms with Gasteiger partial charge in [0.15, 0.2) is 0 Å². The lowest BCUT2D eigenvalue weighted by Crippen LogP contribution is -2.24. The number of carbonyl (C=O) groups is 1. The molecule has 0 saturated carbocycles. The number of ether oxygens (including phenoxy) is 1. The number of rotatable bonds is 2. The molecule has 1 aliphatic heterocycles. The van der Waals surface area contributed by atoms with E-state index in [2.05, 4.69) is 9.72 Å². The molecule has 0 spiro atoms. The molecule has 0 aromatic carbocycles. The van der Waals surface area contributed by atoms with Crippen molar-refractivity contribution in [3.63, 3.8) is 0 Å². The van der Waals surface area contributed by atoms with Gasteiger partial charge in [-0.3, -0.25) is 4.79 Å². The molecule has 1 aromatic rings. The van der Waals surface area contributed by atoms with Gasteiger partial charge < -0.3 is 9.64 Å². The SMILES string of the molecule is COC(=O)C1CCN(c2cc(C(F)(F)F)ccn2)C1. The summed E-state index contributed by atoms with van der Waals surface area (Å²) in [5, 5.41) is 0. The molecule has 1 aliphatic rings. The Kier molecular flexibility index (Phi) is 3.64. The number of methoxy groups -OCH3 is 1. The van der Waals surface area contributed by atoms with Crippen molar-refractivity contribution < 1.29 is 22.7 Å². The first-order valence-corrected chi connectivity index (χ1v) is 5.78. The minimum Gasteiger partial charge on any atom is -0.469 e. The normalized spacial score (nSPS) is 19.6. The smallest absolute Gasteiger partial charge is 0.416 e. The Labute approximate surface area is 108 Å². The average molecular weight is 274 g/mol. The lowest BCUT2D eigenvalue weighted by molar-refractivity contribution is -0.144. The van der Waals surface area contributed by atoms with Gasteiger partial charge in [-0.2, -0.15) is 13.2 Å². The Bertz CT molecular complexity index is 476. The molecule has 0 radical (unpaired) electrons. The summed E-state index contributed by atoms with van der Waals surface area (Å²) < 4.78 is 42.4. The molecule has 4 nitrogen and oxygen atoms in total. The first-order chi connectivity index (χ1) is 8.91. The average Bonchev–Trinajstić information content (AvgIpc) is 2.86. The predicted octanol–water partition coefficient (Wildman–Crippen LogP) is 2.10. The van der Waals surface area contributed by atoms with E-state index in [-0.39, 0.29) is 17.7 Å². The third-order valence-corrected chi connectivity index (χ3v) is 3.12. The van der Waals surface area contributed by atoms with Crippen LogP contribution in [0.2, 0.25) is 0 Å². The third kappa shape index (κ3) is 2.97. The Hall–Kier alpha value is -1.79. The second-order valence-electron chi connectivity index (χ2n) is 4.36. The number of aromatic nitrogens is 1. The van der Waals surface area contributed by atoms with Crippen molar-refractivity contribution >= 4 is 11.8 Å². The van der Waals surface area contributed by atoms with Crippen molar-refractivity contribution in [1.82, 2.24) is 4.98 Å². The number of pyridine rings is 1. The Morgan fingerprint density at radius 3 is 2.89 bits per heavy atom. The number of alkyl halides is 3. The molecule has 104 valence electrons. The summed E-state index contributed by atoms with van der Waals surface area (Å²) in [6.45, 7) is 0.828. The quantitative estimate of drug-likeness (QED) is 0.775. The first-order valence-electron chi connectivity index (χ1n) is 5.78. The number of hydrogen-bond acceptors (Lipinski definition) is 4. The minimum atomic E-state index is -4.39. The van der Waals surface area contributed by atoms with Gasteiger partial charge in [0.1, 0.15) is 5.82 Å². The molecule has 19 heavy (non-hydrogen) atoms. The van der Waals surface area contributed by atoms with Gasteiger partial charge in [-0.15, -0.1) is 0 Å². The molecule has 0 N–H and O–H groups in total. The Balaban J connectivity index is 2.14. The number of halogens is 3. The zero-order valence-corrected chi connectivity index (χ0v) is 10.3. The molecule has 1 saturated heterocycles. The van der Waals surface area contributed by atoms with Crippen LogP contribution in [-0.4, -0.2) is 31.2 Å². The van der Waals surface area contributed by atoms with Crippen LogP contribution >= 0.6 is 0 Å². The van der Waals surface area contributed by atoms with Crippen LogP contribution in [0.25, 0.3) is 0 Å². The van der Waals surface area contributed by atoms with Gasteiger partial charge in [0.05, 0.1) is 18.6 Å². The van der Waals surface area contributed by atoms with Crippen molar-refractivity contribution in [1.29, 1.82) is 0 Å². The van der Waals surface area contributed by atoms with Crippen LogP contribution in [0.3, 0.4) is 0 Å². The fourth-order valence-corrected chi connectivity index (χ4v) is 2.10. The number of carbonyl (C=O) groups excluding carboxylic acids is 1. The third-order valence-electron chi connectivity index (χ3n) is 3.12. The molecule has 1 unspecified atom stereocenters.